The molecular weight excluding hydrogens is 372 g/mol. The van der Waals surface area contributed by atoms with Crippen LogP contribution in [0.4, 0.5) is 0 Å². The maximum absolute atomic E-state index is 10.4. The largest absolute Gasteiger partial charge is 0.392 e. The summed E-state index contributed by atoms with van der Waals surface area (Å²) in [6, 6.07) is 18.3. The smallest absolute Gasteiger partial charge is 0.115 e. The number of thioether (sulfide) groups is 1. The van der Waals surface area contributed by atoms with Gasteiger partial charge in [0.25, 0.3) is 0 Å². The molecule has 0 amide bonds. The molecule has 0 aliphatic rings. The van der Waals surface area contributed by atoms with Crippen LogP contribution >= 0.6 is 23.1 Å². The summed E-state index contributed by atoms with van der Waals surface area (Å²) in [5, 5.41) is 23.0. The quantitative estimate of drug-likeness (QED) is 0.552. The number of thiophene rings is 1. The number of aromatic nitrogens is 1. The predicted octanol–water partition coefficient (Wildman–Crippen LogP) is 5.85. The van der Waals surface area contributed by atoms with Crippen LogP contribution in [0.1, 0.15) is 26.3 Å². The monoisotopic (exact) mass is 394 g/mol. The van der Waals surface area contributed by atoms with E-state index >= 15 is 0 Å². The molecular formula is C22H22N2OS2. The summed E-state index contributed by atoms with van der Waals surface area (Å²) >= 11 is 3.07. The van der Waals surface area contributed by atoms with Crippen molar-refractivity contribution in [2.45, 2.75) is 31.9 Å². The first-order valence-corrected chi connectivity index (χ1v) is 10.6. The molecule has 0 saturated carbocycles. The van der Waals surface area contributed by atoms with Crippen molar-refractivity contribution in [3.8, 4) is 27.8 Å². The van der Waals surface area contributed by atoms with Crippen molar-refractivity contribution in [3.63, 3.8) is 0 Å². The summed E-state index contributed by atoms with van der Waals surface area (Å²) < 4.78 is 0. The van der Waals surface area contributed by atoms with E-state index in [9.17, 15) is 10.4 Å². The molecule has 3 rings (SSSR count). The van der Waals surface area contributed by atoms with Gasteiger partial charge in [-0.25, -0.2) is 4.98 Å². The van der Waals surface area contributed by atoms with Crippen LogP contribution in [0.15, 0.2) is 58.9 Å². The van der Waals surface area contributed by atoms with Crippen LogP contribution in [0, 0.1) is 16.7 Å². The number of pyridine rings is 1. The first-order chi connectivity index (χ1) is 12.9. The van der Waals surface area contributed by atoms with Gasteiger partial charge in [-0.3, -0.25) is 0 Å². The Morgan fingerprint density at radius 2 is 1.93 bits per heavy atom. The molecule has 3 nitrogen and oxygen atoms in total. The molecule has 0 radical (unpaired) electrons. The van der Waals surface area contributed by atoms with Crippen LogP contribution in [0.2, 0.25) is 0 Å². The van der Waals surface area contributed by atoms with Gasteiger partial charge in [0.05, 0.1) is 22.2 Å². The number of aliphatic hydroxyl groups is 1. The van der Waals surface area contributed by atoms with E-state index in [-0.39, 0.29) is 5.41 Å². The third kappa shape index (κ3) is 4.59. The third-order valence-electron chi connectivity index (χ3n) is 4.33. The summed E-state index contributed by atoms with van der Waals surface area (Å²) in [6.45, 7) is 6.02. The average molecular weight is 395 g/mol. The van der Waals surface area contributed by atoms with Gasteiger partial charge in [-0.05, 0) is 28.5 Å². The molecule has 0 aliphatic carbocycles. The van der Waals surface area contributed by atoms with E-state index in [0.29, 0.717) is 16.3 Å². The first kappa shape index (κ1) is 19.6. The van der Waals surface area contributed by atoms with E-state index in [1.165, 1.54) is 11.8 Å². The minimum Gasteiger partial charge on any atom is -0.392 e. The zero-order valence-electron chi connectivity index (χ0n) is 15.6. The fourth-order valence-corrected chi connectivity index (χ4v) is 4.50. The van der Waals surface area contributed by atoms with Crippen LogP contribution in [0.5, 0.6) is 0 Å². The van der Waals surface area contributed by atoms with Gasteiger partial charge in [0, 0.05) is 11.3 Å². The molecule has 0 spiro atoms. The minimum absolute atomic E-state index is 0.215. The molecule has 1 aromatic carbocycles. The standard InChI is InChI=1S/C22H22N2OS2/c1-22(2,3)20(25)14-27-21-17(13-23)16(15-8-5-4-6-9-15)12-18(24-21)19-10-7-11-26-19/h4-12,20,25H,14H2,1-3H3. The second-order valence-electron chi connectivity index (χ2n) is 7.38. The van der Waals surface area contributed by atoms with Crippen molar-refractivity contribution in [2.24, 2.45) is 5.41 Å². The Balaban J connectivity index is 2.08. The van der Waals surface area contributed by atoms with Crippen molar-refractivity contribution in [2.75, 3.05) is 5.75 Å². The zero-order chi connectivity index (χ0) is 19.4. The zero-order valence-corrected chi connectivity index (χ0v) is 17.3. The van der Waals surface area contributed by atoms with Gasteiger partial charge in [0.2, 0.25) is 0 Å². The molecule has 3 aromatic rings. The van der Waals surface area contributed by atoms with E-state index in [1.807, 2.05) is 74.7 Å². The normalized spacial score (nSPS) is 12.6. The Morgan fingerprint density at radius 1 is 1.19 bits per heavy atom. The van der Waals surface area contributed by atoms with Crippen LogP contribution in [-0.4, -0.2) is 21.9 Å². The van der Waals surface area contributed by atoms with E-state index in [2.05, 4.69) is 6.07 Å². The fourth-order valence-electron chi connectivity index (χ4n) is 2.54. The minimum atomic E-state index is -0.485. The van der Waals surface area contributed by atoms with Crippen molar-refractivity contribution in [1.82, 2.24) is 4.98 Å². The van der Waals surface area contributed by atoms with E-state index in [4.69, 9.17) is 4.98 Å². The maximum atomic E-state index is 10.4. The molecule has 27 heavy (non-hydrogen) atoms. The van der Waals surface area contributed by atoms with Gasteiger partial charge >= 0.3 is 0 Å². The number of aliphatic hydroxyl groups excluding tert-OH is 1. The number of nitriles is 1. The van der Waals surface area contributed by atoms with Crippen LogP contribution in [0.25, 0.3) is 21.7 Å². The summed E-state index contributed by atoms with van der Waals surface area (Å²) in [5.74, 6) is 0.493. The molecule has 2 heterocycles. The molecule has 0 aliphatic heterocycles. The predicted molar refractivity (Wildman–Crippen MR) is 114 cm³/mol. The second kappa shape index (κ2) is 8.26. The van der Waals surface area contributed by atoms with E-state index in [0.717, 1.165) is 21.7 Å². The van der Waals surface area contributed by atoms with Crippen molar-refractivity contribution in [3.05, 3.63) is 59.5 Å². The van der Waals surface area contributed by atoms with Crippen molar-refractivity contribution < 1.29 is 5.11 Å². The Hall–Kier alpha value is -2.13. The maximum Gasteiger partial charge on any atom is 0.115 e. The van der Waals surface area contributed by atoms with Crippen molar-refractivity contribution >= 4 is 23.1 Å². The number of nitrogens with zero attached hydrogens (tertiary/aromatic N) is 2. The van der Waals surface area contributed by atoms with Gasteiger partial charge in [0.1, 0.15) is 11.1 Å². The number of hydrogen-bond donors (Lipinski definition) is 1. The molecule has 1 N–H and O–H groups in total. The summed E-state index contributed by atoms with van der Waals surface area (Å²) in [6.07, 6.45) is -0.485. The van der Waals surface area contributed by atoms with Gasteiger partial charge in [0.15, 0.2) is 0 Å². The summed E-state index contributed by atoms with van der Waals surface area (Å²) in [4.78, 5) is 5.83. The highest BCUT2D eigenvalue weighted by Crippen LogP contribution is 2.36. The average Bonchev–Trinajstić information content (AvgIpc) is 3.20. The first-order valence-electron chi connectivity index (χ1n) is 8.75. The van der Waals surface area contributed by atoms with Gasteiger partial charge in [-0.15, -0.1) is 23.1 Å². The lowest BCUT2D eigenvalue weighted by Crippen LogP contribution is -2.28. The second-order valence-corrected chi connectivity index (χ2v) is 9.34. The highest BCUT2D eigenvalue weighted by molar-refractivity contribution is 7.99. The van der Waals surface area contributed by atoms with E-state index in [1.54, 1.807) is 11.3 Å². The molecule has 0 saturated heterocycles. The molecule has 2 aromatic heterocycles. The Kier molecular flexibility index (Phi) is 6.01. The lowest BCUT2D eigenvalue weighted by Gasteiger charge is -2.25. The van der Waals surface area contributed by atoms with Crippen LogP contribution in [-0.2, 0) is 0 Å². The number of rotatable bonds is 5. The van der Waals surface area contributed by atoms with Crippen LogP contribution in [0.3, 0.4) is 0 Å². The number of hydrogen-bond acceptors (Lipinski definition) is 5. The molecule has 1 atom stereocenters. The lowest BCUT2D eigenvalue weighted by atomic mass is 9.90. The Labute approximate surface area is 168 Å². The highest BCUT2D eigenvalue weighted by Gasteiger charge is 2.24. The van der Waals surface area contributed by atoms with Gasteiger partial charge < -0.3 is 5.11 Å². The topological polar surface area (TPSA) is 56.9 Å². The van der Waals surface area contributed by atoms with E-state index < -0.39 is 6.10 Å². The Bertz CT molecular complexity index is 939. The van der Waals surface area contributed by atoms with Gasteiger partial charge in [-0.2, -0.15) is 5.26 Å². The van der Waals surface area contributed by atoms with Crippen molar-refractivity contribution in [1.29, 1.82) is 5.26 Å². The van der Waals surface area contributed by atoms with Crippen LogP contribution < -0.4 is 0 Å². The lowest BCUT2D eigenvalue weighted by molar-refractivity contribution is 0.0842. The Morgan fingerprint density at radius 3 is 2.52 bits per heavy atom. The third-order valence-corrected chi connectivity index (χ3v) is 6.28. The molecule has 0 fully saturated rings. The molecule has 138 valence electrons. The van der Waals surface area contributed by atoms with Gasteiger partial charge in [-0.1, -0.05) is 57.2 Å². The molecule has 0 bridgehead atoms. The molecule has 5 heteroatoms. The fraction of sp³-hybridized carbons (Fsp3) is 0.273. The SMILES string of the molecule is CC(C)(C)C(O)CSc1nc(-c2cccs2)cc(-c2ccccc2)c1C#N. The highest BCUT2D eigenvalue weighted by atomic mass is 32.2. The summed E-state index contributed by atoms with van der Waals surface area (Å²) in [5.41, 5.74) is 3.08. The summed E-state index contributed by atoms with van der Waals surface area (Å²) in [7, 11) is 0. The molecule has 1 unspecified atom stereocenters. The number of benzene rings is 1.